The molecule has 106 valence electrons. The van der Waals surface area contributed by atoms with Gasteiger partial charge in [-0.25, -0.2) is 4.79 Å². The predicted molar refractivity (Wildman–Crippen MR) is 67.3 cm³/mol. The van der Waals surface area contributed by atoms with Gasteiger partial charge >= 0.3 is 5.97 Å². The molecule has 0 saturated heterocycles. The van der Waals surface area contributed by atoms with Gasteiger partial charge in [-0.05, 0) is 12.5 Å². The predicted octanol–water partition coefficient (Wildman–Crippen LogP) is 0.733. The fourth-order valence-electron chi connectivity index (χ4n) is 2.03. The Morgan fingerprint density at radius 1 is 1.63 bits per heavy atom. The van der Waals surface area contributed by atoms with Crippen molar-refractivity contribution in [2.75, 3.05) is 13.7 Å². The van der Waals surface area contributed by atoms with Crippen LogP contribution in [-0.4, -0.2) is 46.2 Å². The van der Waals surface area contributed by atoms with Crippen LogP contribution in [0.25, 0.3) is 0 Å². The van der Waals surface area contributed by atoms with E-state index in [1.807, 2.05) is 0 Å². The van der Waals surface area contributed by atoms with E-state index in [0.29, 0.717) is 5.76 Å². The molecule has 0 aromatic rings. The summed E-state index contributed by atoms with van der Waals surface area (Å²) in [7, 11) is 1.40. The van der Waals surface area contributed by atoms with Gasteiger partial charge in [-0.3, -0.25) is 0 Å². The zero-order valence-corrected chi connectivity index (χ0v) is 10.6. The number of hydrogen-bond acceptors (Lipinski definition) is 5. The molecule has 0 aromatic heterocycles. The molecule has 1 rings (SSSR count). The molecular weight excluding hydrogens is 252 g/mol. The number of carbonyl (C=O) groups is 1. The van der Waals surface area contributed by atoms with Crippen LogP contribution < -0.4 is 0 Å². The highest BCUT2D eigenvalue weighted by atomic mass is 16.5. The first-order valence-electron chi connectivity index (χ1n) is 5.79. The van der Waals surface area contributed by atoms with Crippen molar-refractivity contribution < 1.29 is 30.0 Å². The number of hydrogen-bond donors (Lipinski definition) is 4. The summed E-state index contributed by atoms with van der Waals surface area (Å²) in [5.41, 5.74) is -0.807. The van der Waals surface area contributed by atoms with E-state index >= 15 is 0 Å². The van der Waals surface area contributed by atoms with Gasteiger partial charge in [0.15, 0.2) is 5.76 Å². The minimum absolute atomic E-state index is 0.0275. The van der Waals surface area contributed by atoms with Crippen LogP contribution in [0.5, 0.6) is 0 Å². The summed E-state index contributed by atoms with van der Waals surface area (Å²) in [6.07, 6.45) is 4.76. The summed E-state index contributed by atoms with van der Waals surface area (Å²) in [4.78, 5) is 10.6. The third kappa shape index (κ3) is 4.11. The first-order chi connectivity index (χ1) is 8.92. The van der Waals surface area contributed by atoms with Crippen molar-refractivity contribution in [3.05, 3.63) is 35.8 Å². The van der Waals surface area contributed by atoms with E-state index in [4.69, 9.17) is 14.9 Å². The Morgan fingerprint density at radius 2 is 2.32 bits per heavy atom. The summed E-state index contributed by atoms with van der Waals surface area (Å²) in [5, 5.41) is 36.8. The fourth-order valence-corrected chi connectivity index (χ4v) is 2.03. The molecule has 4 N–H and O–H groups in total. The fraction of sp³-hybridized carbons (Fsp3) is 0.462. The monoisotopic (exact) mass is 270 g/mol. The molecule has 2 atom stereocenters. The van der Waals surface area contributed by atoms with E-state index < -0.39 is 24.1 Å². The highest BCUT2D eigenvalue weighted by molar-refractivity contribution is 5.80. The topological polar surface area (TPSA) is 107 Å². The Kier molecular flexibility index (Phi) is 5.14. The van der Waals surface area contributed by atoms with E-state index in [0.717, 1.165) is 6.08 Å². The van der Waals surface area contributed by atoms with E-state index in [9.17, 15) is 15.0 Å². The Bertz CT molecular complexity index is 423. The Labute approximate surface area is 110 Å². The number of aliphatic hydroxyl groups is 3. The van der Waals surface area contributed by atoms with Gasteiger partial charge in [0.2, 0.25) is 0 Å². The SMILES string of the molecule is COC1=C(O)C=CC(/C=C/C(=O)O)(CC(O)CO)C1. The minimum atomic E-state index is -1.11. The maximum Gasteiger partial charge on any atom is 0.328 e. The van der Waals surface area contributed by atoms with E-state index in [-0.39, 0.29) is 18.6 Å². The first kappa shape index (κ1) is 15.3. The average molecular weight is 270 g/mol. The van der Waals surface area contributed by atoms with Crippen LogP contribution in [0, 0.1) is 5.41 Å². The van der Waals surface area contributed by atoms with E-state index in [2.05, 4.69) is 0 Å². The standard InChI is InChI=1S/C13H18O6/c1-19-11-7-13(4-2-10(11)16,5-3-12(17)18)6-9(15)8-14/h2-5,9,14-16H,6-8H2,1H3,(H,17,18)/b5-3+. The van der Waals surface area contributed by atoms with E-state index in [1.54, 1.807) is 6.08 Å². The number of allylic oxidation sites excluding steroid dienone is 4. The molecular formula is C13H18O6. The van der Waals surface area contributed by atoms with Gasteiger partial charge in [-0.2, -0.15) is 0 Å². The number of carboxylic acid groups (broad SMARTS) is 1. The molecule has 0 aromatic carbocycles. The van der Waals surface area contributed by atoms with Crippen molar-refractivity contribution >= 4 is 5.97 Å². The molecule has 0 bridgehead atoms. The number of ether oxygens (including phenoxy) is 1. The molecule has 2 unspecified atom stereocenters. The molecule has 19 heavy (non-hydrogen) atoms. The third-order valence-electron chi connectivity index (χ3n) is 2.98. The molecule has 0 saturated carbocycles. The lowest BCUT2D eigenvalue weighted by Crippen LogP contribution is -2.28. The Hall–Kier alpha value is -1.79. The molecule has 6 heteroatoms. The zero-order valence-electron chi connectivity index (χ0n) is 10.6. The zero-order chi connectivity index (χ0) is 14.5. The number of aliphatic hydroxyl groups excluding tert-OH is 3. The van der Waals surface area contributed by atoms with Crippen LogP contribution in [0.15, 0.2) is 35.8 Å². The molecule has 6 nitrogen and oxygen atoms in total. The van der Waals surface area contributed by atoms with Crippen LogP contribution in [0.3, 0.4) is 0 Å². The van der Waals surface area contributed by atoms with Gasteiger partial charge in [0.25, 0.3) is 0 Å². The van der Waals surface area contributed by atoms with Crippen LogP contribution in [0.4, 0.5) is 0 Å². The van der Waals surface area contributed by atoms with E-state index in [1.165, 1.54) is 19.3 Å². The van der Waals surface area contributed by atoms with Crippen LogP contribution in [-0.2, 0) is 9.53 Å². The summed E-state index contributed by atoms with van der Waals surface area (Å²) >= 11 is 0. The summed E-state index contributed by atoms with van der Waals surface area (Å²) < 4.78 is 5.03. The smallest absolute Gasteiger partial charge is 0.328 e. The largest absolute Gasteiger partial charge is 0.504 e. The van der Waals surface area contributed by atoms with Crippen molar-refractivity contribution in [2.45, 2.75) is 18.9 Å². The van der Waals surface area contributed by atoms with Gasteiger partial charge in [-0.1, -0.05) is 12.2 Å². The molecule has 0 fully saturated rings. The van der Waals surface area contributed by atoms with Crippen molar-refractivity contribution in [1.82, 2.24) is 0 Å². The second-order valence-electron chi connectivity index (χ2n) is 4.47. The molecule has 1 aliphatic carbocycles. The summed E-state index contributed by atoms with van der Waals surface area (Å²) in [6, 6.07) is 0. The molecule has 0 radical (unpaired) electrons. The quantitative estimate of drug-likeness (QED) is 0.530. The summed E-state index contributed by atoms with van der Waals surface area (Å²) in [6.45, 7) is -0.422. The number of methoxy groups -OCH3 is 1. The Balaban J connectivity index is 3.02. The van der Waals surface area contributed by atoms with Gasteiger partial charge in [0, 0.05) is 17.9 Å². The average Bonchev–Trinajstić information content (AvgIpc) is 2.39. The van der Waals surface area contributed by atoms with Crippen molar-refractivity contribution in [3.63, 3.8) is 0 Å². The molecule has 0 spiro atoms. The lowest BCUT2D eigenvalue weighted by Gasteiger charge is -2.32. The van der Waals surface area contributed by atoms with Gasteiger partial charge in [0.05, 0.1) is 19.8 Å². The third-order valence-corrected chi connectivity index (χ3v) is 2.98. The molecule has 1 aliphatic rings. The van der Waals surface area contributed by atoms with Crippen LogP contribution in [0.2, 0.25) is 0 Å². The maximum atomic E-state index is 10.6. The highest BCUT2D eigenvalue weighted by Crippen LogP contribution is 2.39. The lowest BCUT2D eigenvalue weighted by molar-refractivity contribution is -0.131. The maximum absolute atomic E-state index is 10.6. The number of carboxylic acids is 1. The highest BCUT2D eigenvalue weighted by Gasteiger charge is 2.33. The van der Waals surface area contributed by atoms with Gasteiger partial charge < -0.3 is 25.2 Å². The van der Waals surface area contributed by atoms with Gasteiger partial charge in [0.1, 0.15) is 5.76 Å². The van der Waals surface area contributed by atoms with Crippen molar-refractivity contribution in [3.8, 4) is 0 Å². The van der Waals surface area contributed by atoms with Crippen LogP contribution in [0.1, 0.15) is 12.8 Å². The molecule has 0 amide bonds. The van der Waals surface area contributed by atoms with Crippen molar-refractivity contribution in [2.24, 2.45) is 5.41 Å². The van der Waals surface area contributed by atoms with Crippen molar-refractivity contribution in [1.29, 1.82) is 0 Å². The van der Waals surface area contributed by atoms with Gasteiger partial charge in [-0.15, -0.1) is 0 Å². The Morgan fingerprint density at radius 3 is 2.84 bits per heavy atom. The normalized spacial score (nSPS) is 24.8. The molecule has 0 aliphatic heterocycles. The summed E-state index contributed by atoms with van der Waals surface area (Å²) in [5.74, 6) is -0.827. The number of aliphatic carboxylic acids is 1. The second-order valence-corrected chi connectivity index (χ2v) is 4.47. The lowest BCUT2D eigenvalue weighted by atomic mass is 9.75. The molecule has 0 heterocycles. The number of rotatable bonds is 6. The minimum Gasteiger partial charge on any atom is -0.504 e. The van der Waals surface area contributed by atoms with Crippen LogP contribution >= 0.6 is 0 Å². The first-order valence-corrected chi connectivity index (χ1v) is 5.79. The second kappa shape index (κ2) is 6.40.